The lowest BCUT2D eigenvalue weighted by Crippen LogP contribution is -2.34. The summed E-state index contributed by atoms with van der Waals surface area (Å²) in [6.45, 7) is 5.35. The largest absolute Gasteiger partial charge is 0.315 e. The van der Waals surface area contributed by atoms with E-state index in [2.05, 4.69) is 4.98 Å². The van der Waals surface area contributed by atoms with Gasteiger partial charge in [-0.2, -0.15) is 4.31 Å². The first-order chi connectivity index (χ1) is 7.30. The number of aryl methyl sites for hydroxylation is 1. The Labute approximate surface area is 99.2 Å². The standard InChI is InChI=1S/C9H16N2O3S2/c1-5-6(2)11(4)16(13,14)8-7(3)10-9(12)15-8/h6H,5H2,1-4H3,(H,10,12). The van der Waals surface area contributed by atoms with Gasteiger partial charge in [0.25, 0.3) is 10.0 Å². The molecule has 0 spiro atoms. The summed E-state index contributed by atoms with van der Waals surface area (Å²) >= 11 is 0.737. The van der Waals surface area contributed by atoms with Crippen LogP contribution in [0.1, 0.15) is 26.0 Å². The average Bonchev–Trinajstić information content (AvgIpc) is 2.56. The predicted octanol–water partition coefficient (Wildman–Crippen LogP) is 1.16. The zero-order chi connectivity index (χ0) is 12.5. The quantitative estimate of drug-likeness (QED) is 0.887. The van der Waals surface area contributed by atoms with E-state index < -0.39 is 10.0 Å². The molecule has 0 amide bonds. The second-order valence-corrected chi connectivity index (χ2v) is 6.88. The van der Waals surface area contributed by atoms with Gasteiger partial charge >= 0.3 is 4.87 Å². The maximum absolute atomic E-state index is 12.1. The Balaban J connectivity index is 3.22. The van der Waals surface area contributed by atoms with Crippen LogP contribution in [0.25, 0.3) is 0 Å². The Kier molecular flexibility index (Phi) is 3.92. The third kappa shape index (κ3) is 2.36. The van der Waals surface area contributed by atoms with Crippen molar-refractivity contribution >= 4 is 21.4 Å². The second-order valence-electron chi connectivity index (χ2n) is 3.71. The third-order valence-corrected chi connectivity index (χ3v) is 6.16. The molecule has 1 aromatic heterocycles. The summed E-state index contributed by atoms with van der Waals surface area (Å²) < 4.78 is 25.7. The van der Waals surface area contributed by atoms with E-state index in [0.29, 0.717) is 5.69 Å². The van der Waals surface area contributed by atoms with Crippen LogP contribution >= 0.6 is 11.3 Å². The molecule has 92 valence electrons. The fourth-order valence-electron chi connectivity index (χ4n) is 1.26. The van der Waals surface area contributed by atoms with Gasteiger partial charge in [-0.1, -0.05) is 18.3 Å². The lowest BCUT2D eigenvalue weighted by Gasteiger charge is -2.22. The Morgan fingerprint density at radius 3 is 2.44 bits per heavy atom. The molecule has 1 aromatic rings. The van der Waals surface area contributed by atoms with Crippen LogP contribution in [-0.2, 0) is 10.0 Å². The molecule has 0 radical (unpaired) electrons. The lowest BCUT2D eigenvalue weighted by atomic mass is 10.3. The molecule has 1 rings (SSSR count). The summed E-state index contributed by atoms with van der Waals surface area (Å²) in [6, 6.07) is -0.0818. The van der Waals surface area contributed by atoms with Crippen molar-refractivity contribution in [3.8, 4) is 0 Å². The third-order valence-electron chi connectivity index (χ3n) is 2.61. The maximum Gasteiger partial charge on any atom is 0.305 e. The molecule has 0 aliphatic carbocycles. The molecule has 0 bridgehead atoms. The summed E-state index contributed by atoms with van der Waals surface area (Å²) in [5.41, 5.74) is 0.408. The molecule has 0 saturated heterocycles. The van der Waals surface area contributed by atoms with Crippen LogP contribution in [0.5, 0.6) is 0 Å². The van der Waals surface area contributed by atoms with Crippen molar-refractivity contribution in [2.24, 2.45) is 0 Å². The minimum atomic E-state index is -3.54. The van der Waals surface area contributed by atoms with Gasteiger partial charge in [-0.05, 0) is 20.3 Å². The predicted molar refractivity (Wildman–Crippen MR) is 64.4 cm³/mol. The lowest BCUT2D eigenvalue weighted by molar-refractivity contribution is 0.381. The van der Waals surface area contributed by atoms with E-state index in [0.717, 1.165) is 17.8 Å². The molecule has 0 aliphatic rings. The molecule has 0 saturated carbocycles. The smallest absolute Gasteiger partial charge is 0.305 e. The summed E-state index contributed by atoms with van der Waals surface area (Å²) in [6.07, 6.45) is 0.730. The van der Waals surface area contributed by atoms with E-state index in [-0.39, 0.29) is 15.1 Å². The first kappa shape index (κ1) is 13.4. The van der Waals surface area contributed by atoms with Crippen molar-refractivity contribution in [2.75, 3.05) is 7.05 Å². The second kappa shape index (κ2) is 4.68. The summed E-state index contributed by atoms with van der Waals surface area (Å²) in [7, 11) is -2.00. The van der Waals surface area contributed by atoms with Gasteiger partial charge in [0, 0.05) is 18.8 Å². The highest BCUT2D eigenvalue weighted by atomic mass is 32.2. The highest BCUT2D eigenvalue weighted by Gasteiger charge is 2.28. The van der Waals surface area contributed by atoms with E-state index in [1.165, 1.54) is 11.4 Å². The van der Waals surface area contributed by atoms with Gasteiger partial charge < -0.3 is 4.98 Å². The van der Waals surface area contributed by atoms with Crippen molar-refractivity contribution in [3.63, 3.8) is 0 Å². The highest BCUT2D eigenvalue weighted by Crippen LogP contribution is 2.22. The minimum Gasteiger partial charge on any atom is -0.315 e. The van der Waals surface area contributed by atoms with Gasteiger partial charge in [0.05, 0.1) is 0 Å². The van der Waals surface area contributed by atoms with E-state index in [4.69, 9.17) is 0 Å². The Hall–Kier alpha value is -0.660. The van der Waals surface area contributed by atoms with Crippen molar-refractivity contribution in [3.05, 3.63) is 15.4 Å². The topological polar surface area (TPSA) is 70.2 Å². The maximum atomic E-state index is 12.1. The summed E-state index contributed by atoms with van der Waals surface area (Å²) in [4.78, 5) is 13.2. The number of H-pyrrole nitrogens is 1. The number of thiazole rings is 1. The molecule has 16 heavy (non-hydrogen) atoms. The molecule has 1 atom stereocenters. The van der Waals surface area contributed by atoms with Gasteiger partial charge in [0.1, 0.15) is 0 Å². The zero-order valence-corrected chi connectivity index (χ0v) is 11.4. The molecule has 1 unspecified atom stereocenters. The number of rotatable bonds is 4. The number of nitrogens with zero attached hydrogens (tertiary/aromatic N) is 1. The van der Waals surface area contributed by atoms with Crippen LogP contribution in [0.3, 0.4) is 0 Å². The average molecular weight is 264 g/mol. The van der Waals surface area contributed by atoms with Gasteiger partial charge in [0.15, 0.2) is 4.21 Å². The monoisotopic (exact) mass is 264 g/mol. The van der Waals surface area contributed by atoms with Crippen LogP contribution in [-0.4, -0.2) is 30.8 Å². The minimum absolute atomic E-state index is 0.0818. The molecule has 1 N–H and O–H groups in total. The Morgan fingerprint density at radius 2 is 2.06 bits per heavy atom. The molecule has 0 fully saturated rings. The fraction of sp³-hybridized carbons (Fsp3) is 0.667. The molecule has 7 heteroatoms. The summed E-state index contributed by atoms with van der Waals surface area (Å²) in [5.74, 6) is 0. The summed E-state index contributed by atoms with van der Waals surface area (Å²) in [5, 5.41) is 0. The van der Waals surface area contributed by atoms with Crippen LogP contribution in [0, 0.1) is 6.92 Å². The normalized spacial score (nSPS) is 14.3. The highest BCUT2D eigenvalue weighted by molar-refractivity contribution is 7.91. The van der Waals surface area contributed by atoms with Gasteiger partial charge in [0.2, 0.25) is 0 Å². The van der Waals surface area contributed by atoms with Crippen LogP contribution < -0.4 is 4.87 Å². The van der Waals surface area contributed by atoms with Gasteiger partial charge in [-0.25, -0.2) is 8.42 Å². The van der Waals surface area contributed by atoms with Crippen molar-refractivity contribution in [1.82, 2.24) is 9.29 Å². The number of hydrogen-bond acceptors (Lipinski definition) is 4. The van der Waals surface area contributed by atoms with Crippen LogP contribution in [0.15, 0.2) is 9.00 Å². The van der Waals surface area contributed by atoms with E-state index in [1.807, 2.05) is 13.8 Å². The molecule has 0 aliphatic heterocycles. The van der Waals surface area contributed by atoms with Crippen molar-refractivity contribution in [1.29, 1.82) is 0 Å². The molecular formula is C9H16N2O3S2. The molecular weight excluding hydrogens is 248 g/mol. The number of aromatic amines is 1. The van der Waals surface area contributed by atoms with Crippen LogP contribution in [0.4, 0.5) is 0 Å². The molecule has 0 aromatic carbocycles. The number of aromatic nitrogens is 1. The fourth-order valence-corrected chi connectivity index (χ4v) is 4.16. The van der Waals surface area contributed by atoms with Gasteiger partial charge in [-0.3, -0.25) is 4.79 Å². The van der Waals surface area contributed by atoms with Gasteiger partial charge in [-0.15, -0.1) is 0 Å². The SMILES string of the molecule is CCC(C)N(C)S(=O)(=O)c1sc(=O)[nH]c1C. The van der Waals surface area contributed by atoms with E-state index in [1.54, 1.807) is 6.92 Å². The first-order valence-corrected chi connectivity index (χ1v) is 7.24. The Bertz CT molecular complexity index is 515. The van der Waals surface area contributed by atoms with Crippen LogP contribution in [0.2, 0.25) is 0 Å². The van der Waals surface area contributed by atoms with Crippen molar-refractivity contribution < 1.29 is 8.42 Å². The number of sulfonamides is 1. The molecule has 5 nitrogen and oxygen atoms in total. The number of hydrogen-bond donors (Lipinski definition) is 1. The zero-order valence-electron chi connectivity index (χ0n) is 9.77. The first-order valence-electron chi connectivity index (χ1n) is 4.98. The molecule has 1 heterocycles. The number of nitrogens with one attached hydrogen (secondary N) is 1. The van der Waals surface area contributed by atoms with E-state index >= 15 is 0 Å². The van der Waals surface area contributed by atoms with E-state index in [9.17, 15) is 13.2 Å². The Morgan fingerprint density at radius 1 is 1.50 bits per heavy atom. The van der Waals surface area contributed by atoms with Crippen molar-refractivity contribution in [2.45, 2.75) is 37.4 Å².